The van der Waals surface area contributed by atoms with Crippen molar-refractivity contribution in [3.63, 3.8) is 0 Å². The van der Waals surface area contributed by atoms with Gasteiger partial charge in [0.25, 0.3) is 11.6 Å². The van der Waals surface area contributed by atoms with E-state index in [1.807, 2.05) is 0 Å². The first-order valence-corrected chi connectivity index (χ1v) is 7.34. The van der Waals surface area contributed by atoms with Crippen LogP contribution in [0.5, 0.6) is 0 Å². The number of nitrogens with zero attached hydrogens (tertiary/aromatic N) is 2. The number of rotatable bonds is 4. The highest BCUT2D eigenvalue weighted by molar-refractivity contribution is 6.34. The van der Waals surface area contributed by atoms with Crippen LogP contribution in [0.4, 0.5) is 11.4 Å². The molecule has 114 valence electrons. The molecular formula is C14H18ClN3O3. The number of nitro groups is 1. The van der Waals surface area contributed by atoms with E-state index >= 15 is 0 Å². The molecule has 1 aromatic rings. The van der Waals surface area contributed by atoms with Crippen LogP contribution >= 0.6 is 11.6 Å². The Hall–Kier alpha value is -1.82. The SMILES string of the molecule is CCCC1CCN(C(=O)c2cc(Cl)c(N)c([N+](=O)[O-])c2)C1. The Morgan fingerprint density at radius 3 is 2.90 bits per heavy atom. The molecule has 1 unspecified atom stereocenters. The summed E-state index contributed by atoms with van der Waals surface area (Å²) in [5.41, 5.74) is 5.36. The van der Waals surface area contributed by atoms with E-state index in [-0.39, 0.29) is 27.9 Å². The molecule has 1 saturated heterocycles. The minimum absolute atomic E-state index is 0.0388. The number of nitro benzene ring substituents is 1. The molecule has 1 atom stereocenters. The Bertz CT molecular complexity index is 577. The van der Waals surface area contributed by atoms with Gasteiger partial charge in [-0.15, -0.1) is 0 Å². The van der Waals surface area contributed by atoms with Crippen molar-refractivity contribution in [3.8, 4) is 0 Å². The van der Waals surface area contributed by atoms with Crippen molar-refractivity contribution in [2.24, 2.45) is 5.92 Å². The fraction of sp³-hybridized carbons (Fsp3) is 0.500. The quantitative estimate of drug-likeness (QED) is 0.525. The first-order chi connectivity index (χ1) is 9.93. The van der Waals surface area contributed by atoms with E-state index in [1.165, 1.54) is 12.1 Å². The maximum absolute atomic E-state index is 12.4. The van der Waals surface area contributed by atoms with Gasteiger partial charge in [-0.2, -0.15) is 0 Å². The van der Waals surface area contributed by atoms with Gasteiger partial charge in [-0.3, -0.25) is 14.9 Å². The lowest BCUT2D eigenvalue weighted by Crippen LogP contribution is -2.28. The number of benzene rings is 1. The predicted octanol–water partition coefficient (Wildman–Crippen LogP) is 3.09. The van der Waals surface area contributed by atoms with Crippen molar-refractivity contribution < 1.29 is 9.72 Å². The van der Waals surface area contributed by atoms with Crippen molar-refractivity contribution in [1.29, 1.82) is 0 Å². The van der Waals surface area contributed by atoms with Gasteiger partial charge >= 0.3 is 0 Å². The monoisotopic (exact) mass is 311 g/mol. The van der Waals surface area contributed by atoms with Crippen LogP contribution in [-0.2, 0) is 0 Å². The smallest absolute Gasteiger partial charge is 0.294 e. The van der Waals surface area contributed by atoms with Gasteiger partial charge in [-0.1, -0.05) is 24.9 Å². The summed E-state index contributed by atoms with van der Waals surface area (Å²) < 4.78 is 0. The van der Waals surface area contributed by atoms with Gasteiger partial charge in [0.15, 0.2) is 0 Å². The summed E-state index contributed by atoms with van der Waals surface area (Å²) in [6, 6.07) is 2.61. The summed E-state index contributed by atoms with van der Waals surface area (Å²) in [4.78, 5) is 24.5. The van der Waals surface area contributed by atoms with Gasteiger partial charge in [0.05, 0.1) is 9.95 Å². The molecule has 21 heavy (non-hydrogen) atoms. The molecular weight excluding hydrogens is 294 g/mol. The minimum atomic E-state index is -0.623. The summed E-state index contributed by atoms with van der Waals surface area (Å²) in [6.45, 7) is 3.50. The summed E-state index contributed by atoms with van der Waals surface area (Å²) in [7, 11) is 0. The van der Waals surface area contributed by atoms with E-state index in [9.17, 15) is 14.9 Å². The molecule has 0 radical (unpaired) electrons. The lowest BCUT2D eigenvalue weighted by atomic mass is 10.0. The largest absolute Gasteiger partial charge is 0.392 e. The third-order valence-corrected chi connectivity index (χ3v) is 4.13. The molecule has 1 aliphatic rings. The molecule has 0 spiro atoms. The van der Waals surface area contributed by atoms with Gasteiger partial charge in [-0.05, 0) is 24.8 Å². The number of hydrogen-bond donors (Lipinski definition) is 1. The van der Waals surface area contributed by atoms with E-state index in [0.29, 0.717) is 19.0 Å². The Morgan fingerprint density at radius 1 is 1.57 bits per heavy atom. The molecule has 1 heterocycles. The third kappa shape index (κ3) is 3.26. The molecule has 0 bridgehead atoms. The molecule has 2 rings (SSSR count). The highest BCUT2D eigenvalue weighted by Gasteiger charge is 2.28. The molecule has 0 saturated carbocycles. The Balaban J connectivity index is 2.22. The average molecular weight is 312 g/mol. The number of carbonyl (C=O) groups is 1. The molecule has 0 aromatic heterocycles. The van der Waals surface area contributed by atoms with Gasteiger partial charge in [0.2, 0.25) is 0 Å². The Labute approximate surface area is 128 Å². The van der Waals surface area contributed by atoms with E-state index in [0.717, 1.165) is 19.3 Å². The molecule has 0 aliphatic carbocycles. The summed E-state index contributed by atoms with van der Waals surface area (Å²) >= 11 is 5.89. The second-order valence-electron chi connectivity index (χ2n) is 5.34. The topological polar surface area (TPSA) is 89.5 Å². The number of hydrogen-bond acceptors (Lipinski definition) is 4. The second kappa shape index (κ2) is 6.30. The molecule has 1 aromatic carbocycles. The maximum atomic E-state index is 12.4. The summed E-state index contributed by atoms with van der Waals surface area (Å²) in [5, 5.41) is 11.0. The number of anilines is 1. The van der Waals surface area contributed by atoms with Crippen molar-refractivity contribution in [3.05, 3.63) is 32.8 Å². The normalized spacial score (nSPS) is 18.0. The lowest BCUT2D eigenvalue weighted by molar-refractivity contribution is -0.383. The number of likely N-dealkylation sites (tertiary alicyclic amines) is 1. The van der Waals surface area contributed by atoms with Gasteiger partial charge in [-0.25, -0.2) is 0 Å². The zero-order valence-electron chi connectivity index (χ0n) is 11.8. The third-order valence-electron chi connectivity index (χ3n) is 3.82. The minimum Gasteiger partial charge on any atom is -0.392 e. The zero-order chi connectivity index (χ0) is 15.6. The van der Waals surface area contributed by atoms with E-state index in [2.05, 4.69) is 6.92 Å². The molecule has 1 amide bonds. The van der Waals surface area contributed by atoms with Crippen LogP contribution in [0.1, 0.15) is 36.5 Å². The van der Waals surface area contributed by atoms with Crippen LogP contribution in [-0.4, -0.2) is 28.8 Å². The Morgan fingerprint density at radius 2 is 2.29 bits per heavy atom. The van der Waals surface area contributed by atoms with Crippen LogP contribution in [0.2, 0.25) is 5.02 Å². The van der Waals surface area contributed by atoms with Gasteiger partial charge in [0.1, 0.15) is 5.69 Å². The van der Waals surface area contributed by atoms with Crippen molar-refractivity contribution in [1.82, 2.24) is 4.90 Å². The van der Waals surface area contributed by atoms with Crippen LogP contribution in [0.25, 0.3) is 0 Å². The molecule has 1 aliphatic heterocycles. The molecule has 7 heteroatoms. The maximum Gasteiger partial charge on any atom is 0.294 e. The number of halogens is 1. The number of carbonyl (C=O) groups excluding carboxylic acids is 1. The Kier molecular flexibility index (Phi) is 4.67. The fourth-order valence-electron chi connectivity index (χ4n) is 2.72. The van der Waals surface area contributed by atoms with Crippen LogP contribution in [0, 0.1) is 16.0 Å². The van der Waals surface area contributed by atoms with Crippen LogP contribution in [0.15, 0.2) is 12.1 Å². The average Bonchev–Trinajstić information content (AvgIpc) is 2.89. The summed E-state index contributed by atoms with van der Waals surface area (Å²) in [5.74, 6) is 0.289. The molecule has 1 fully saturated rings. The lowest BCUT2D eigenvalue weighted by Gasteiger charge is -2.17. The van der Waals surface area contributed by atoms with Crippen LogP contribution < -0.4 is 5.73 Å². The zero-order valence-corrected chi connectivity index (χ0v) is 12.6. The van der Waals surface area contributed by atoms with Crippen molar-refractivity contribution >= 4 is 28.9 Å². The molecule has 6 nitrogen and oxygen atoms in total. The number of nitrogen functional groups attached to an aromatic ring is 1. The van der Waals surface area contributed by atoms with E-state index < -0.39 is 4.92 Å². The first-order valence-electron chi connectivity index (χ1n) is 6.96. The standard InChI is InChI=1S/C14H18ClN3O3/c1-2-3-9-4-5-17(8-9)14(19)10-6-11(15)13(16)12(7-10)18(20)21/h6-7,9H,2-5,8,16H2,1H3. The predicted molar refractivity (Wildman–Crippen MR) is 81.4 cm³/mol. The summed E-state index contributed by atoms with van der Waals surface area (Å²) in [6.07, 6.45) is 3.16. The van der Waals surface area contributed by atoms with Crippen molar-refractivity contribution in [2.45, 2.75) is 26.2 Å². The van der Waals surface area contributed by atoms with E-state index in [1.54, 1.807) is 4.90 Å². The van der Waals surface area contributed by atoms with Crippen LogP contribution in [0.3, 0.4) is 0 Å². The van der Waals surface area contributed by atoms with Crippen molar-refractivity contribution in [2.75, 3.05) is 18.8 Å². The van der Waals surface area contributed by atoms with Gasteiger partial charge < -0.3 is 10.6 Å². The number of nitrogens with two attached hydrogens (primary N) is 1. The highest BCUT2D eigenvalue weighted by Crippen LogP contribution is 2.32. The fourth-order valence-corrected chi connectivity index (χ4v) is 2.94. The first kappa shape index (κ1) is 15.6. The van der Waals surface area contributed by atoms with E-state index in [4.69, 9.17) is 17.3 Å². The number of amides is 1. The highest BCUT2D eigenvalue weighted by atomic mass is 35.5. The second-order valence-corrected chi connectivity index (χ2v) is 5.75. The van der Waals surface area contributed by atoms with Gasteiger partial charge in [0, 0.05) is 24.7 Å². The molecule has 2 N–H and O–H groups in total.